The zero-order chi connectivity index (χ0) is 19.1. The summed E-state index contributed by atoms with van der Waals surface area (Å²) in [5.41, 5.74) is 0.581. The van der Waals surface area contributed by atoms with E-state index in [9.17, 15) is 19.2 Å². The minimum Gasteiger partial charge on any atom is -0.348 e. The standard InChI is InChI=1S/C20H16N2O4S/c1-11(20(26)27-12-7-3-2-4-8-12)15-16(17(23)21-15)22-18(24)13-9-5-6-10-14(13)19(22)25/h2-11,15-16H,1H3,(H,21,23)/t11-,15?,16?/m0/s1. The molecule has 2 unspecified atom stereocenters. The lowest BCUT2D eigenvalue weighted by Crippen LogP contribution is -2.72. The summed E-state index contributed by atoms with van der Waals surface area (Å²) in [6.45, 7) is 1.70. The minimum absolute atomic E-state index is 0.132. The van der Waals surface area contributed by atoms with Gasteiger partial charge in [-0.15, -0.1) is 0 Å². The van der Waals surface area contributed by atoms with Gasteiger partial charge in [0.1, 0.15) is 6.04 Å². The highest BCUT2D eigenvalue weighted by molar-refractivity contribution is 8.13. The second-order valence-electron chi connectivity index (χ2n) is 6.53. The van der Waals surface area contributed by atoms with Crippen LogP contribution in [-0.4, -0.2) is 39.8 Å². The molecule has 0 saturated carbocycles. The number of fused-ring (bicyclic) bond motifs is 1. The summed E-state index contributed by atoms with van der Waals surface area (Å²) in [6, 6.07) is 14.1. The summed E-state index contributed by atoms with van der Waals surface area (Å²) >= 11 is 1.09. The van der Waals surface area contributed by atoms with Gasteiger partial charge in [0.15, 0.2) is 5.12 Å². The Kier molecular flexibility index (Phi) is 4.31. The molecule has 4 rings (SSSR count). The molecule has 2 heterocycles. The third kappa shape index (κ3) is 2.84. The van der Waals surface area contributed by atoms with Crippen LogP contribution in [0.4, 0.5) is 0 Å². The van der Waals surface area contributed by atoms with Gasteiger partial charge in [-0.25, -0.2) is 0 Å². The quantitative estimate of drug-likeness (QED) is 0.499. The van der Waals surface area contributed by atoms with Crippen LogP contribution in [0.15, 0.2) is 59.5 Å². The molecule has 3 amide bonds. The van der Waals surface area contributed by atoms with Crippen LogP contribution in [-0.2, 0) is 9.59 Å². The van der Waals surface area contributed by atoms with Crippen molar-refractivity contribution in [2.45, 2.75) is 23.9 Å². The van der Waals surface area contributed by atoms with E-state index in [2.05, 4.69) is 5.32 Å². The predicted octanol–water partition coefficient (Wildman–Crippen LogP) is 2.10. The molecule has 2 aromatic rings. The Hall–Kier alpha value is -2.93. The number of nitrogens with one attached hydrogen (secondary N) is 1. The van der Waals surface area contributed by atoms with Crippen molar-refractivity contribution < 1.29 is 19.2 Å². The highest BCUT2D eigenvalue weighted by Gasteiger charge is 2.54. The van der Waals surface area contributed by atoms with Gasteiger partial charge >= 0.3 is 0 Å². The number of hydrogen-bond donors (Lipinski definition) is 1. The van der Waals surface area contributed by atoms with E-state index in [1.165, 1.54) is 0 Å². The van der Waals surface area contributed by atoms with Crippen LogP contribution in [0.3, 0.4) is 0 Å². The molecule has 1 saturated heterocycles. The summed E-state index contributed by atoms with van der Waals surface area (Å²) in [5.74, 6) is -1.95. The van der Waals surface area contributed by atoms with E-state index in [-0.39, 0.29) is 5.12 Å². The molecule has 0 aliphatic carbocycles. The fraction of sp³-hybridized carbons (Fsp3) is 0.200. The van der Waals surface area contributed by atoms with Crippen LogP contribution >= 0.6 is 11.8 Å². The van der Waals surface area contributed by atoms with Crippen molar-refractivity contribution >= 4 is 34.6 Å². The van der Waals surface area contributed by atoms with E-state index in [0.29, 0.717) is 11.1 Å². The number of nitrogens with zero attached hydrogens (tertiary/aromatic N) is 1. The first kappa shape index (κ1) is 17.5. The molecular formula is C20H16N2O4S. The number of thioether (sulfide) groups is 1. The summed E-state index contributed by atoms with van der Waals surface area (Å²) < 4.78 is 0. The lowest BCUT2D eigenvalue weighted by molar-refractivity contribution is -0.137. The molecule has 2 aliphatic heterocycles. The van der Waals surface area contributed by atoms with Crippen LogP contribution in [0.2, 0.25) is 0 Å². The van der Waals surface area contributed by atoms with Gasteiger partial charge in [-0.3, -0.25) is 24.1 Å². The number of amides is 3. The lowest BCUT2D eigenvalue weighted by Gasteiger charge is -2.43. The Morgan fingerprint density at radius 1 is 0.963 bits per heavy atom. The van der Waals surface area contributed by atoms with Crippen LogP contribution in [0.25, 0.3) is 0 Å². The molecule has 6 nitrogen and oxygen atoms in total. The third-order valence-electron chi connectivity index (χ3n) is 4.89. The monoisotopic (exact) mass is 380 g/mol. The molecular weight excluding hydrogens is 364 g/mol. The first-order chi connectivity index (χ1) is 13.0. The first-order valence-corrected chi connectivity index (χ1v) is 9.34. The minimum atomic E-state index is -0.965. The summed E-state index contributed by atoms with van der Waals surface area (Å²) in [6.07, 6.45) is 0. The zero-order valence-corrected chi connectivity index (χ0v) is 15.2. The van der Waals surface area contributed by atoms with E-state index in [0.717, 1.165) is 21.6 Å². The summed E-state index contributed by atoms with van der Waals surface area (Å²) in [4.78, 5) is 51.9. The largest absolute Gasteiger partial charge is 0.348 e. The van der Waals surface area contributed by atoms with E-state index < -0.39 is 35.7 Å². The Bertz CT molecular complexity index is 924. The topological polar surface area (TPSA) is 83.6 Å². The molecule has 3 atom stereocenters. The fourth-order valence-electron chi connectivity index (χ4n) is 3.38. The van der Waals surface area contributed by atoms with Crippen molar-refractivity contribution in [3.05, 3.63) is 65.7 Å². The molecule has 1 fully saturated rings. The second-order valence-corrected chi connectivity index (χ2v) is 7.61. The summed E-state index contributed by atoms with van der Waals surface area (Å²) in [5, 5.41) is 2.55. The van der Waals surface area contributed by atoms with Gasteiger partial charge in [-0.05, 0) is 24.3 Å². The van der Waals surface area contributed by atoms with Crippen molar-refractivity contribution in [2.24, 2.45) is 5.92 Å². The van der Waals surface area contributed by atoms with Crippen molar-refractivity contribution in [1.82, 2.24) is 10.2 Å². The smallest absolute Gasteiger partial charge is 0.262 e. The Labute approximate surface area is 159 Å². The summed E-state index contributed by atoms with van der Waals surface area (Å²) in [7, 11) is 0. The number of rotatable bonds is 4. The van der Waals surface area contributed by atoms with E-state index in [1.54, 1.807) is 31.2 Å². The predicted molar refractivity (Wildman–Crippen MR) is 99.1 cm³/mol. The molecule has 0 bridgehead atoms. The molecule has 1 N–H and O–H groups in total. The fourth-order valence-corrected chi connectivity index (χ4v) is 4.23. The highest BCUT2D eigenvalue weighted by atomic mass is 32.2. The average Bonchev–Trinajstić information content (AvgIpc) is 2.92. The maximum absolute atomic E-state index is 12.7. The molecule has 0 radical (unpaired) electrons. The number of carbonyl (C=O) groups excluding carboxylic acids is 4. The first-order valence-electron chi connectivity index (χ1n) is 8.53. The van der Waals surface area contributed by atoms with Gasteiger partial charge in [0.25, 0.3) is 11.8 Å². The van der Waals surface area contributed by atoms with Crippen LogP contribution < -0.4 is 5.32 Å². The number of carbonyl (C=O) groups is 4. The van der Waals surface area contributed by atoms with E-state index >= 15 is 0 Å². The number of benzene rings is 2. The SMILES string of the molecule is C[C@H](C(=O)Sc1ccccc1)C1NC(=O)C1N1C(=O)c2ccccc2C1=O. The second kappa shape index (κ2) is 6.66. The van der Waals surface area contributed by atoms with Crippen molar-refractivity contribution in [3.8, 4) is 0 Å². The molecule has 2 aliphatic rings. The zero-order valence-electron chi connectivity index (χ0n) is 14.4. The lowest BCUT2D eigenvalue weighted by atomic mass is 9.87. The Morgan fingerprint density at radius 3 is 2.07 bits per heavy atom. The maximum atomic E-state index is 12.7. The molecule has 0 aromatic heterocycles. The third-order valence-corrected chi connectivity index (χ3v) is 5.97. The molecule has 136 valence electrons. The van der Waals surface area contributed by atoms with Crippen molar-refractivity contribution in [1.29, 1.82) is 0 Å². The highest BCUT2D eigenvalue weighted by Crippen LogP contribution is 2.33. The molecule has 0 spiro atoms. The molecule has 7 heteroatoms. The number of β-lactam (4-membered cyclic amide) rings is 1. The molecule has 2 aromatic carbocycles. The van der Waals surface area contributed by atoms with Gasteiger partial charge in [-0.2, -0.15) is 0 Å². The van der Waals surface area contributed by atoms with Crippen LogP contribution in [0.1, 0.15) is 27.6 Å². The van der Waals surface area contributed by atoms with Crippen molar-refractivity contribution in [3.63, 3.8) is 0 Å². The Balaban J connectivity index is 1.54. The van der Waals surface area contributed by atoms with Crippen LogP contribution in [0, 0.1) is 5.92 Å². The van der Waals surface area contributed by atoms with Crippen LogP contribution in [0.5, 0.6) is 0 Å². The van der Waals surface area contributed by atoms with E-state index in [1.807, 2.05) is 30.3 Å². The van der Waals surface area contributed by atoms with Crippen molar-refractivity contribution in [2.75, 3.05) is 0 Å². The van der Waals surface area contributed by atoms with Gasteiger partial charge in [0.2, 0.25) is 5.91 Å². The van der Waals surface area contributed by atoms with Gasteiger partial charge in [0, 0.05) is 10.8 Å². The van der Waals surface area contributed by atoms with Gasteiger partial charge < -0.3 is 5.32 Å². The molecule has 27 heavy (non-hydrogen) atoms. The van der Waals surface area contributed by atoms with Gasteiger partial charge in [-0.1, -0.05) is 49.0 Å². The Morgan fingerprint density at radius 2 is 1.52 bits per heavy atom. The number of imide groups is 1. The average molecular weight is 380 g/mol. The normalized spacial score (nSPS) is 22.1. The maximum Gasteiger partial charge on any atom is 0.262 e. The van der Waals surface area contributed by atoms with E-state index in [4.69, 9.17) is 0 Å². The van der Waals surface area contributed by atoms with Gasteiger partial charge in [0.05, 0.1) is 17.2 Å². The number of hydrogen-bond acceptors (Lipinski definition) is 5.